The van der Waals surface area contributed by atoms with Gasteiger partial charge < -0.3 is 25.2 Å². The number of carbonyl (C=O) groups excluding carboxylic acids is 6. The Morgan fingerprint density at radius 3 is 2.53 bits per heavy atom. The highest BCUT2D eigenvalue weighted by Crippen LogP contribution is 2.35. The van der Waals surface area contributed by atoms with Crippen molar-refractivity contribution in [2.45, 2.75) is 25.3 Å². The van der Waals surface area contributed by atoms with Gasteiger partial charge in [-0.3, -0.25) is 44.0 Å². The summed E-state index contributed by atoms with van der Waals surface area (Å²) in [5.74, 6) is -3.50. The van der Waals surface area contributed by atoms with Crippen molar-refractivity contribution in [3.8, 4) is 34.3 Å². The van der Waals surface area contributed by atoms with Crippen LogP contribution in [0.4, 0.5) is 21.5 Å². The molecule has 0 bridgehead atoms. The molecule has 18 heteroatoms. The topological polar surface area (TPSA) is 220 Å². The van der Waals surface area contributed by atoms with E-state index in [1.807, 2.05) is 11.0 Å². The minimum absolute atomic E-state index is 0.0140. The van der Waals surface area contributed by atoms with Crippen LogP contribution in [0.1, 0.15) is 56.0 Å². The maximum atomic E-state index is 14.9. The predicted octanol–water partition coefficient (Wildman–Crippen LogP) is 4.03. The number of piperidine rings is 1. The highest BCUT2D eigenvalue weighted by Gasteiger charge is 2.44. The summed E-state index contributed by atoms with van der Waals surface area (Å²) in [4.78, 5) is 94.9. The Morgan fingerprint density at radius 2 is 1.76 bits per heavy atom. The first-order valence-corrected chi connectivity index (χ1v) is 19.6. The standard InChI is InChI=1S/C44H37FN10O7/c1-62-36-4-2-3-31(45)39(36)40-49-15-12-33(50-40)41(58)51-32-8-5-25(30-24-47-14-11-26(30)23-46)21-35(32)53-17-19-54(20-18-53)38(57)13-16-48-27-6-7-28-29(22-27)44(61)55(43(28)60)34-9-10-37(56)52-42(34)59/h2-8,11-12,14-15,21-22,24,34,48H,9-10,13,16-20H2,1H3,(H,51,58)(H,52,56,59). The maximum absolute atomic E-state index is 14.9. The molecule has 8 rings (SSSR count). The number of hydrogen-bond acceptors (Lipinski definition) is 13. The van der Waals surface area contributed by atoms with E-state index in [-0.39, 0.29) is 65.7 Å². The fraction of sp³-hybridized carbons (Fsp3) is 0.227. The SMILES string of the molecule is COc1cccc(F)c1-c1nccc(C(=O)Nc2ccc(-c3cnccc3C#N)cc2N2CCN(C(=O)CCNc3ccc4c(c3)C(=O)N(C3CCC(=O)NC3=O)C4=O)CC2)n1. The van der Waals surface area contributed by atoms with Crippen molar-refractivity contribution in [2.75, 3.05) is 55.4 Å². The van der Waals surface area contributed by atoms with E-state index in [9.17, 15) is 38.4 Å². The van der Waals surface area contributed by atoms with E-state index in [1.165, 1.54) is 49.8 Å². The van der Waals surface area contributed by atoms with Crippen molar-refractivity contribution < 1.29 is 37.9 Å². The molecule has 1 unspecified atom stereocenters. The Hall–Kier alpha value is -8.07. The molecule has 3 N–H and O–H groups in total. The summed E-state index contributed by atoms with van der Waals surface area (Å²) in [5.41, 5.74) is 3.55. The summed E-state index contributed by atoms with van der Waals surface area (Å²) in [6.07, 6.45) is 4.68. The molecule has 0 radical (unpaired) electrons. The van der Waals surface area contributed by atoms with E-state index < -0.39 is 41.4 Å². The number of methoxy groups -OCH3 is 1. The van der Waals surface area contributed by atoms with Gasteiger partial charge in [-0.25, -0.2) is 14.4 Å². The minimum Gasteiger partial charge on any atom is -0.496 e. The van der Waals surface area contributed by atoms with Crippen LogP contribution in [-0.4, -0.2) is 106 Å². The number of aromatic nitrogens is 3. The molecule has 2 saturated heterocycles. The number of fused-ring (bicyclic) bond motifs is 1. The fourth-order valence-electron chi connectivity index (χ4n) is 7.72. The highest BCUT2D eigenvalue weighted by molar-refractivity contribution is 6.23. The fourth-order valence-corrected chi connectivity index (χ4v) is 7.72. The lowest BCUT2D eigenvalue weighted by Gasteiger charge is -2.37. The first kappa shape index (κ1) is 40.7. The number of nitriles is 1. The minimum atomic E-state index is -1.07. The lowest BCUT2D eigenvalue weighted by molar-refractivity contribution is -0.136. The first-order valence-electron chi connectivity index (χ1n) is 19.6. The van der Waals surface area contributed by atoms with Gasteiger partial charge in [0.05, 0.1) is 46.8 Å². The van der Waals surface area contributed by atoms with Crippen molar-refractivity contribution in [3.05, 3.63) is 114 Å². The highest BCUT2D eigenvalue weighted by atomic mass is 19.1. The van der Waals surface area contributed by atoms with Gasteiger partial charge in [-0.05, 0) is 66.6 Å². The predicted molar refractivity (Wildman–Crippen MR) is 221 cm³/mol. The summed E-state index contributed by atoms with van der Waals surface area (Å²) < 4.78 is 20.2. The Bertz CT molecular complexity index is 2710. The summed E-state index contributed by atoms with van der Waals surface area (Å²) in [7, 11) is 1.40. The van der Waals surface area contributed by atoms with Crippen LogP contribution in [0.25, 0.3) is 22.5 Å². The zero-order valence-electron chi connectivity index (χ0n) is 33.2. The van der Waals surface area contributed by atoms with Crippen molar-refractivity contribution in [2.24, 2.45) is 0 Å². The second-order valence-corrected chi connectivity index (χ2v) is 14.6. The van der Waals surface area contributed by atoms with E-state index in [4.69, 9.17) is 4.74 Å². The van der Waals surface area contributed by atoms with Crippen molar-refractivity contribution in [1.29, 1.82) is 5.26 Å². The number of imide groups is 2. The third kappa shape index (κ3) is 7.98. The number of nitrogens with one attached hydrogen (secondary N) is 3. The molecular weight excluding hydrogens is 800 g/mol. The molecule has 2 aromatic heterocycles. The van der Waals surface area contributed by atoms with Crippen LogP contribution < -0.4 is 25.6 Å². The number of hydrogen-bond donors (Lipinski definition) is 3. The molecule has 5 heterocycles. The maximum Gasteiger partial charge on any atom is 0.274 e. The number of carbonyl (C=O) groups is 6. The molecule has 312 valence electrons. The molecule has 2 fully saturated rings. The van der Waals surface area contributed by atoms with Crippen molar-refractivity contribution in [1.82, 2.24) is 30.1 Å². The van der Waals surface area contributed by atoms with Crippen molar-refractivity contribution >= 4 is 52.5 Å². The van der Waals surface area contributed by atoms with E-state index in [0.29, 0.717) is 59.9 Å². The summed E-state index contributed by atoms with van der Waals surface area (Å²) >= 11 is 0. The van der Waals surface area contributed by atoms with Crippen LogP contribution in [0.15, 0.2) is 85.3 Å². The third-order valence-electron chi connectivity index (χ3n) is 10.9. The Morgan fingerprint density at radius 1 is 0.952 bits per heavy atom. The molecular formula is C44H37FN10O7. The van der Waals surface area contributed by atoms with Gasteiger partial charge in [-0.2, -0.15) is 5.26 Å². The van der Waals surface area contributed by atoms with Crippen LogP contribution in [0, 0.1) is 17.1 Å². The zero-order chi connectivity index (χ0) is 43.5. The van der Waals surface area contributed by atoms with Crippen molar-refractivity contribution in [3.63, 3.8) is 0 Å². The van der Waals surface area contributed by atoms with Crippen LogP contribution in [-0.2, 0) is 14.4 Å². The van der Waals surface area contributed by atoms with Gasteiger partial charge in [0.15, 0.2) is 5.82 Å². The number of nitrogens with zero attached hydrogens (tertiary/aromatic N) is 7. The Balaban J connectivity index is 0.938. The van der Waals surface area contributed by atoms with Crippen LogP contribution in [0.3, 0.4) is 0 Å². The Kier molecular flexibility index (Phi) is 11.3. The quantitative estimate of drug-likeness (QED) is 0.160. The van der Waals surface area contributed by atoms with Gasteiger partial charge in [0.25, 0.3) is 17.7 Å². The van der Waals surface area contributed by atoms with Crippen LogP contribution >= 0.6 is 0 Å². The smallest absolute Gasteiger partial charge is 0.274 e. The van der Waals surface area contributed by atoms with Crippen LogP contribution in [0.5, 0.6) is 5.75 Å². The number of ether oxygens (including phenoxy) is 1. The normalized spacial score (nSPS) is 16.1. The van der Waals surface area contributed by atoms with Gasteiger partial charge in [-0.1, -0.05) is 12.1 Å². The number of halogens is 1. The number of anilines is 3. The van der Waals surface area contributed by atoms with Gasteiger partial charge in [0.1, 0.15) is 23.3 Å². The molecule has 6 amide bonds. The molecule has 0 aliphatic carbocycles. The second-order valence-electron chi connectivity index (χ2n) is 14.6. The first-order chi connectivity index (χ1) is 30.0. The lowest BCUT2D eigenvalue weighted by atomic mass is 10.0. The number of pyridine rings is 1. The average Bonchev–Trinajstić information content (AvgIpc) is 3.53. The molecule has 0 saturated carbocycles. The summed E-state index contributed by atoms with van der Waals surface area (Å²) in [6.45, 7) is 1.75. The van der Waals surface area contributed by atoms with E-state index >= 15 is 0 Å². The monoisotopic (exact) mass is 836 g/mol. The van der Waals surface area contributed by atoms with Gasteiger partial charge in [-0.15, -0.1) is 0 Å². The second kappa shape index (κ2) is 17.3. The molecule has 0 spiro atoms. The largest absolute Gasteiger partial charge is 0.496 e. The molecule has 1 atom stereocenters. The zero-order valence-corrected chi connectivity index (χ0v) is 33.2. The number of piperazine rings is 1. The summed E-state index contributed by atoms with van der Waals surface area (Å²) in [5, 5.41) is 18.1. The van der Waals surface area contributed by atoms with E-state index in [1.54, 1.807) is 41.4 Å². The molecule has 5 aromatic rings. The van der Waals surface area contributed by atoms with Gasteiger partial charge >= 0.3 is 0 Å². The van der Waals surface area contributed by atoms with Gasteiger partial charge in [0.2, 0.25) is 17.7 Å². The number of amides is 6. The molecule has 62 heavy (non-hydrogen) atoms. The molecule has 3 aliphatic rings. The number of benzene rings is 3. The third-order valence-corrected chi connectivity index (χ3v) is 10.9. The molecule has 17 nitrogen and oxygen atoms in total. The molecule has 3 aromatic carbocycles. The lowest BCUT2D eigenvalue weighted by Crippen LogP contribution is -2.54. The van der Waals surface area contributed by atoms with E-state index in [0.717, 1.165) is 4.90 Å². The van der Waals surface area contributed by atoms with Gasteiger partial charge in [0, 0.05) is 75.4 Å². The Labute approximate surface area is 353 Å². The van der Waals surface area contributed by atoms with E-state index in [2.05, 4.69) is 37.0 Å². The average molecular weight is 837 g/mol. The summed E-state index contributed by atoms with van der Waals surface area (Å²) in [6, 6.07) is 18.4. The van der Waals surface area contributed by atoms with Crippen LogP contribution in [0.2, 0.25) is 0 Å². The number of rotatable bonds is 11. The molecule has 3 aliphatic heterocycles.